The van der Waals surface area contributed by atoms with Gasteiger partial charge in [0.25, 0.3) is 5.91 Å². The Hall–Kier alpha value is -1.31. The van der Waals surface area contributed by atoms with E-state index in [4.69, 9.17) is 0 Å². The van der Waals surface area contributed by atoms with E-state index >= 15 is 0 Å². The molecular weight excluding hydrogens is 138 g/mol. The Balaban J connectivity index is 2.37. The van der Waals surface area contributed by atoms with Crippen LogP contribution in [0.1, 0.15) is 6.42 Å². The minimum absolute atomic E-state index is 0.0232. The van der Waals surface area contributed by atoms with E-state index in [1.165, 1.54) is 0 Å². The van der Waals surface area contributed by atoms with Gasteiger partial charge >= 0.3 is 0 Å². The molecule has 0 spiro atoms. The molecule has 2 heteroatoms. The number of allylic oxidation sites excluding steroid dienone is 4. The Morgan fingerprint density at radius 3 is 3.18 bits per heavy atom. The van der Waals surface area contributed by atoms with Crippen LogP contribution in [-0.2, 0) is 4.79 Å². The second kappa shape index (κ2) is 2.09. The minimum Gasteiger partial charge on any atom is -0.325 e. The summed E-state index contributed by atoms with van der Waals surface area (Å²) >= 11 is 0. The standard InChI is InChI=1S/C9H9NO/c1-6-7-4-2-3-5-8(7)10-9(6)11/h2-3,5,7H,1,4H2,(H,10,11). The summed E-state index contributed by atoms with van der Waals surface area (Å²) in [4.78, 5) is 11.1. The van der Waals surface area contributed by atoms with E-state index in [9.17, 15) is 4.79 Å². The van der Waals surface area contributed by atoms with Crippen molar-refractivity contribution in [3.8, 4) is 0 Å². The molecule has 0 aromatic rings. The van der Waals surface area contributed by atoms with Crippen LogP contribution in [0.4, 0.5) is 0 Å². The number of amides is 1. The molecule has 2 rings (SSSR count). The van der Waals surface area contributed by atoms with Crippen LogP contribution in [0.5, 0.6) is 0 Å². The summed E-state index contributed by atoms with van der Waals surface area (Å²) in [6.07, 6.45) is 6.86. The Labute approximate surface area is 65.3 Å². The van der Waals surface area contributed by atoms with Gasteiger partial charge in [0.15, 0.2) is 0 Å². The summed E-state index contributed by atoms with van der Waals surface area (Å²) in [5.41, 5.74) is 1.70. The first-order valence-corrected chi connectivity index (χ1v) is 3.66. The van der Waals surface area contributed by atoms with Gasteiger partial charge in [-0.2, -0.15) is 0 Å². The van der Waals surface area contributed by atoms with E-state index in [-0.39, 0.29) is 11.8 Å². The predicted octanol–water partition coefficient (Wildman–Crippen LogP) is 1.13. The van der Waals surface area contributed by atoms with E-state index in [2.05, 4.69) is 18.0 Å². The first kappa shape index (κ1) is 6.40. The number of nitrogens with one attached hydrogen (secondary N) is 1. The molecule has 1 N–H and O–H groups in total. The van der Waals surface area contributed by atoms with Crippen molar-refractivity contribution in [2.45, 2.75) is 6.42 Å². The van der Waals surface area contributed by atoms with Crippen LogP contribution in [0.3, 0.4) is 0 Å². The van der Waals surface area contributed by atoms with Gasteiger partial charge in [0.05, 0.1) is 0 Å². The van der Waals surface area contributed by atoms with E-state index in [1.54, 1.807) is 0 Å². The quantitative estimate of drug-likeness (QED) is 0.511. The molecule has 0 bridgehead atoms. The first-order chi connectivity index (χ1) is 5.29. The molecule has 0 radical (unpaired) electrons. The third-order valence-corrected chi connectivity index (χ3v) is 2.13. The topological polar surface area (TPSA) is 29.1 Å². The average Bonchev–Trinajstić information content (AvgIpc) is 2.30. The minimum atomic E-state index is -0.0232. The second-order valence-electron chi connectivity index (χ2n) is 2.82. The lowest BCUT2D eigenvalue weighted by molar-refractivity contribution is -0.115. The molecule has 56 valence electrons. The maximum Gasteiger partial charge on any atom is 0.251 e. The van der Waals surface area contributed by atoms with Crippen molar-refractivity contribution in [1.29, 1.82) is 0 Å². The molecule has 1 aliphatic carbocycles. The number of fused-ring (bicyclic) bond motifs is 1. The highest BCUT2D eigenvalue weighted by Crippen LogP contribution is 2.30. The fraction of sp³-hybridized carbons (Fsp3) is 0.222. The van der Waals surface area contributed by atoms with Crippen LogP contribution >= 0.6 is 0 Å². The molecule has 1 saturated heterocycles. The normalized spacial score (nSPS) is 28.0. The van der Waals surface area contributed by atoms with Gasteiger partial charge in [-0.1, -0.05) is 18.7 Å². The van der Waals surface area contributed by atoms with Crippen LogP contribution in [-0.4, -0.2) is 5.91 Å². The molecule has 1 atom stereocenters. The second-order valence-corrected chi connectivity index (χ2v) is 2.82. The molecule has 0 aromatic heterocycles. The van der Waals surface area contributed by atoms with Gasteiger partial charge in [0, 0.05) is 17.2 Å². The zero-order chi connectivity index (χ0) is 7.84. The van der Waals surface area contributed by atoms with Crippen molar-refractivity contribution in [2.24, 2.45) is 5.92 Å². The fourth-order valence-electron chi connectivity index (χ4n) is 1.46. The van der Waals surface area contributed by atoms with Gasteiger partial charge in [0.2, 0.25) is 0 Å². The van der Waals surface area contributed by atoms with Gasteiger partial charge in [-0.05, 0) is 12.5 Å². The van der Waals surface area contributed by atoms with Gasteiger partial charge in [-0.15, -0.1) is 0 Å². The maximum atomic E-state index is 11.1. The summed E-state index contributed by atoms with van der Waals surface area (Å²) < 4.78 is 0. The monoisotopic (exact) mass is 147 g/mol. The van der Waals surface area contributed by atoms with Crippen LogP contribution in [0, 0.1) is 5.92 Å². The maximum absolute atomic E-state index is 11.1. The van der Waals surface area contributed by atoms with E-state index < -0.39 is 0 Å². The van der Waals surface area contributed by atoms with Crippen molar-refractivity contribution in [3.05, 3.63) is 36.1 Å². The highest BCUT2D eigenvalue weighted by molar-refractivity contribution is 5.98. The van der Waals surface area contributed by atoms with E-state index in [0.717, 1.165) is 12.1 Å². The van der Waals surface area contributed by atoms with Crippen molar-refractivity contribution in [1.82, 2.24) is 5.32 Å². The summed E-state index contributed by atoms with van der Waals surface area (Å²) in [6, 6.07) is 0. The summed E-state index contributed by atoms with van der Waals surface area (Å²) in [5, 5.41) is 2.78. The molecule has 0 aromatic carbocycles. The zero-order valence-electron chi connectivity index (χ0n) is 6.13. The highest BCUT2D eigenvalue weighted by atomic mass is 16.2. The van der Waals surface area contributed by atoms with Crippen molar-refractivity contribution in [3.63, 3.8) is 0 Å². The molecule has 11 heavy (non-hydrogen) atoms. The number of rotatable bonds is 0. The van der Waals surface area contributed by atoms with Gasteiger partial charge in [-0.3, -0.25) is 4.79 Å². The van der Waals surface area contributed by atoms with Crippen molar-refractivity contribution < 1.29 is 4.79 Å². The lowest BCUT2D eigenvalue weighted by atomic mass is 9.94. The van der Waals surface area contributed by atoms with E-state index in [0.29, 0.717) is 5.57 Å². The Kier molecular flexibility index (Phi) is 1.22. The van der Waals surface area contributed by atoms with Crippen molar-refractivity contribution in [2.75, 3.05) is 0 Å². The lowest BCUT2D eigenvalue weighted by Gasteiger charge is -2.10. The Bertz CT molecular complexity index is 286. The molecule has 1 amide bonds. The molecular formula is C9H9NO. The smallest absolute Gasteiger partial charge is 0.251 e. The number of hydrogen-bond acceptors (Lipinski definition) is 1. The largest absolute Gasteiger partial charge is 0.325 e. The third-order valence-electron chi connectivity index (χ3n) is 2.13. The summed E-state index contributed by atoms with van der Waals surface area (Å²) in [5.74, 6) is 0.206. The van der Waals surface area contributed by atoms with E-state index in [1.807, 2.05) is 12.2 Å². The third kappa shape index (κ3) is 0.827. The SMILES string of the molecule is C=C1C(=O)NC2=CC=CCC12. The Morgan fingerprint density at radius 2 is 2.45 bits per heavy atom. The number of carbonyl (C=O) groups excluding carboxylic acids is 1. The van der Waals surface area contributed by atoms with Crippen LogP contribution < -0.4 is 5.32 Å². The fourth-order valence-corrected chi connectivity index (χ4v) is 1.46. The first-order valence-electron chi connectivity index (χ1n) is 3.66. The number of carbonyl (C=O) groups is 1. The van der Waals surface area contributed by atoms with Crippen LogP contribution in [0.25, 0.3) is 0 Å². The molecule has 1 aliphatic heterocycles. The van der Waals surface area contributed by atoms with Crippen LogP contribution in [0.2, 0.25) is 0 Å². The molecule has 2 nitrogen and oxygen atoms in total. The Morgan fingerprint density at radius 1 is 1.64 bits per heavy atom. The molecule has 2 aliphatic rings. The van der Waals surface area contributed by atoms with Gasteiger partial charge in [-0.25, -0.2) is 0 Å². The molecule has 1 heterocycles. The molecule has 0 saturated carbocycles. The van der Waals surface area contributed by atoms with Crippen LogP contribution in [0.15, 0.2) is 36.1 Å². The van der Waals surface area contributed by atoms with Gasteiger partial charge in [0.1, 0.15) is 0 Å². The average molecular weight is 147 g/mol. The summed E-state index contributed by atoms with van der Waals surface area (Å²) in [7, 11) is 0. The molecule has 1 fully saturated rings. The lowest BCUT2D eigenvalue weighted by Crippen LogP contribution is -2.13. The predicted molar refractivity (Wildman–Crippen MR) is 42.6 cm³/mol. The van der Waals surface area contributed by atoms with Gasteiger partial charge < -0.3 is 5.32 Å². The number of hydrogen-bond donors (Lipinski definition) is 1. The zero-order valence-corrected chi connectivity index (χ0v) is 6.13. The highest BCUT2D eigenvalue weighted by Gasteiger charge is 2.30. The molecule has 1 unspecified atom stereocenters. The van der Waals surface area contributed by atoms with Crippen molar-refractivity contribution >= 4 is 5.91 Å². The summed E-state index contributed by atoms with van der Waals surface area (Å²) in [6.45, 7) is 3.73.